The van der Waals surface area contributed by atoms with Gasteiger partial charge in [-0.15, -0.1) is 0 Å². The topological polar surface area (TPSA) is 72.9 Å². The van der Waals surface area contributed by atoms with Crippen LogP contribution in [0.2, 0.25) is 0 Å². The Kier molecular flexibility index (Phi) is 4.34. The lowest BCUT2D eigenvalue weighted by Crippen LogP contribution is -2.60. The van der Waals surface area contributed by atoms with Crippen LogP contribution in [0.3, 0.4) is 0 Å². The van der Waals surface area contributed by atoms with Gasteiger partial charge < -0.3 is 15.3 Å². The highest BCUT2D eigenvalue weighted by atomic mass is 16.4. The van der Waals surface area contributed by atoms with Crippen molar-refractivity contribution in [3.63, 3.8) is 0 Å². The van der Waals surface area contributed by atoms with Gasteiger partial charge in [-0.05, 0) is 19.8 Å². The van der Waals surface area contributed by atoms with E-state index in [1.54, 1.807) is 4.90 Å². The molecule has 0 spiro atoms. The molecule has 2 N–H and O–H groups in total. The van der Waals surface area contributed by atoms with Gasteiger partial charge in [-0.2, -0.15) is 0 Å². The van der Waals surface area contributed by atoms with Crippen LogP contribution in [0, 0.1) is 11.8 Å². The number of carbonyl (C=O) groups is 2. The summed E-state index contributed by atoms with van der Waals surface area (Å²) < 4.78 is 0. The van der Waals surface area contributed by atoms with Crippen molar-refractivity contribution < 1.29 is 14.7 Å². The van der Waals surface area contributed by atoms with Crippen molar-refractivity contribution in [1.29, 1.82) is 0 Å². The standard InChI is InChI=1S/C14H25N3O3/c1-10-8-16(9-11(10)12(18)19)13(20)14(2,3)17-6-4-15-5-7-17/h10-11,15H,4-9H2,1-3H3,(H,18,19). The first kappa shape index (κ1) is 15.3. The molecule has 2 aliphatic heterocycles. The van der Waals surface area contributed by atoms with E-state index >= 15 is 0 Å². The molecule has 20 heavy (non-hydrogen) atoms. The quantitative estimate of drug-likeness (QED) is 0.753. The van der Waals surface area contributed by atoms with Crippen LogP contribution in [-0.4, -0.2) is 71.6 Å². The molecular weight excluding hydrogens is 258 g/mol. The SMILES string of the molecule is CC1CN(C(=O)C(C)(C)N2CCNCC2)CC1C(=O)O. The fourth-order valence-electron chi connectivity index (χ4n) is 3.20. The zero-order chi connectivity index (χ0) is 14.9. The van der Waals surface area contributed by atoms with Gasteiger partial charge in [-0.3, -0.25) is 14.5 Å². The van der Waals surface area contributed by atoms with Crippen LogP contribution >= 0.6 is 0 Å². The van der Waals surface area contributed by atoms with Crippen LogP contribution in [0.1, 0.15) is 20.8 Å². The Morgan fingerprint density at radius 2 is 1.80 bits per heavy atom. The van der Waals surface area contributed by atoms with E-state index in [-0.39, 0.29) is 11.8 Å². The van der Waals surface area contributed by atoms with Crippen molar-refractivity contribution in [2.75, 3.05) is 39.3 Å². The second kappa shape index (κ2) is 5.69. The molecule has 0 radical (unpaired) electrons. The molecule has 2 fully saturated rings. The molecule has 2 saturated heterocycles. The van der Waals surface area contributed by atoms with Gasteiger partial charge in [-0.25, -0.2) is 0 Å². The average molecular weight is 283 g/mol. The van der Waals surface area contributed by atoms with Crippen molar-refractivity contribution in [2.24, 2.45) is 11.8 Å². The molecule has 2 unspecified atom stereocenters. The molecule has 6 heteroatoms. The first-order valence-corrected chi connectivity index (χ1v) is 7.32. The highest BCUT2D eigenvalue weighted by Crippen LogP contribution is 2.27. The second-order valence-corrected chi connectivity index (χ2v) is 6.43. The lowest BCUT2D eigenvalue weighted by Gasteiger charge is -2.41. The molecule has 0 aromatic heterocycles. The van der Waals surface area contributed by atoms with Crippen LogP contribution in [-0.2, 0) is 9.59 Å². The van der Waals surface area contributed by atoms with E-state index in [1.807, 2.05) is 20.8 Å². The molecule has 0 bridgehead atoms. The van der Waals surface area contributed by atoms with Crippen LogP contribution in [0.5, 0.6) is 0 Å². The van der Waals surface area contributed by atoms with Crippen molar-refractivity contribution in [3.05, 3.63) is 0 Å². The summed E-state index contributed by atoms with van der Waals surface area (Å²) >= 11 is 0. The summed E-state index contributed by atoms with van der Waals surface area (Å²) in [6.45, 7) is 10.2. The van der Waals surface area contributed by atoms with Crippen molar-refractivity contribution in [1.82, 2.24) is 15.1 Å². The first-order valence-electron chi connectivity index (χ1n) is 7.32. The molecule has 2 heterocycles. The third-order valence-electron chi connectivity index (χ3n) is 4.65. The second-order valence-electron chi connectivity index (χ2n) is 6.43. The summed E-state index contributed by atoms with van der Waals surface area (Å²) in [5.41, 5.74) is -0.560. The third kappa shape index (κ3) is 2.81. The number of amides is 1. The van der Waals surface area contributed by atoms with Gasteiger partial charge in [0.25, 0.3) is 0 Å². The predicted molar refractivity (Wildman–Crippen MR) is 75.4 cm³/mol. The van der Waals surface area contributed by atoms with Gasteiger partial charge in [-0.1, -0.05) is 6.92 Å². The number of nitrogens with one attached hydrogen (secondary N) is 1. The lowest BCUT2D eigenvalue weighted by molar-refractivity contribution is -0.144. The van der Waals surface area contributed by atoms with Gasteiger partial charge in [0.2, 0.25) is 5.91 Å². The third-order valence-corrected chi connectivity index (χ3v) is 4.65. The number of nitrogens with zero attached hydrogens (tertiary/aromatic N) is 2. The van der Waals surface area contributed by atoms with E-state index in [2.05, 4.69) is 10.2 Å². The van der Waals surface area contributed by atoms with Crippen LogP contribution in [0.4, 0.5) is 0 Å². The molecule has 2 atom stereocenters. The zero-order valence-electron chi connectivity index (χ0n) is 12.6. The summed E-state index contributed by atoms with van der Waals surface area (Å²) in [7, 11) is 0. The van der Waals surface area contributed by atoms with E-state index < -0.39 is 17.4 Å². The van der Waals surface area contributed by atoms with Gasteiger partial charge in [0, 0.05) is 39.3 Å². The van der Waals surface area contributed by atoms with Gasteiger partial charge in [0.15, 0.2) is 0 Å². The zero-order valence-corrected chi connectivity index (χ0v) is 12.6. The molecule has 1 amide bonds. The average Bonchev–Trinajstić information content (AvgIpc) is 2.81. The maximum Gasteiger partial charge on any atom is 0.308 e. The Bertz CT molecular complexity index is 391. The van der Waals surface area contributed by atoms with Gasteiger partial charge in [0.1, 0.15) is 0 Å². The van der Waals surface area contributed by atoms with Crippen LogP contribution in [0.15, 0.2) is 0 Å². The number of hydrogen-bond acceptors (Lipinski definition) is 4. The minimum atomic E-state index is -0.798. The van der Waals surface area contributed by atoms with E-state index in [1.165, 1.54) is 0 Å². The highest BCUT2D eigenvalue weighted by Gasteiger charge is 2.43. The minimum absolute atomic E-state index is 0.0234. The normalized spacial score (nSPS) is 28.6. The number of aliphatic carboxylic acids is 1. The molecule has 2 aliphatic rings. The van der Waals surface area contributed by atoms with Crippen molar-refractivity contribution >= 4 is 11.9 Å². The number of carboxylic acids is 1. The molecule has 0 aliphatic carbocycles. The molecule has 114 valence electrons. The van der Waals surface area contributed by atoms with Crippen LogP contribution < -0.4 is 5.32 Å². The fraction of sp³-hybridized carbons (Fsp3) is 0.857. The summed E-state index contributed by atoms with van der Waals surface area (Å²) in [6.07, 6.45) is 0. The van der Waals surface area contributed by atoms with E-state index in [4.69, 9.17) is 0 Å². The minimum Gasteiger partial charge on any atom is -0.481 e. The summed E-state index contributed by atoms with van der Waals surface area (Å²) in [6, 6.07) is 0. The predicted octanol–water partition coefficient (Wildman–Crippen LogP) is -0.151. The molecule has 0 aromatic carbocycles. The van der Waals surface area contributed by atoms with Crippen molar-refractivity contribution in [3.8, 4) is 0 Å². The number of carbonyl (C=O) groups excluding carboxylic acids is 1. The number of likely N-dealkylation sites (tertiary alicyclic amines) is 1. The van der Waals surface area contributed by atoms with E-state index in [0.717, 1.165) is 26.2 Å². The number of hydrogen-bond donors (Lipinski definition) is 2. The lowest BCUT2D eigenvalue weighted by atomic mass is 9.99. The Morgan fingerprint density at radius 1 is 1.20 bits per heavy atom. The smallest absolute Gasteiger partial charge is 0.308 e. The van der Waals surface area contributed by atoms with Gasteiger partial charge in [0.05, 0.1) is 11.5 Å². The molecule has 2 rings (SSSR count). The maximum absolute atomic E-state index is 12.8. The Balaban J connectivity index is 2.05. The highest BCUT2D eigenvalue weighted by molar-refractivity contribution is 5.86. The Labute approximate surface area is 120 Å². The molecular formula is C14H25N3O3. The van der Waals surface area contributed by atoms with E-state index in [0.29, 0.717) is 13.1 Å². The summed E-state index contributed by atoms with van der Waals surface area (Å²) in [5, 5.41) is 12.5. The fourth-order valence-corrected chi connectivity index (χ4v) is 3.20. The summed E-state index contributed by atoms with van der Waals surface area (Å²) in [4.78, 5) is 27.8. The Hall–Kier alpha value is -1.14. The summed E-state index contributed by atoms with van der Waals surface area (Å²) in [5.74, 6) is -1.16. The number of rotatable bonds is 3. The maximum atomic E-state index is 12.8. The monoisotopic (exact) mass is 283 g/mol. The van der Waals surface area contributed by atoms with Crippen molar-refractivity contribution in [2.45, 2.75) is 26.3 Å². The first-order chi connectivity index (χ1) is 9.34. The van der Waals surface area contributed by atoms with Gasteiger partial charge >= 0.3 is 5.97 Å². The Morgan fingerprint density at radius 3 is 2.30 bits per heavy atom. The number of carboxylic acid groups (broad SMARTS) is 1. The number of piperazine rings is 1. The molecule has 6 nitrogen and oxygen atoms in total. The largest absolute Gasteiger partial charge is 0.481 e. The van der Waals surface area contributed by atoms with E-state index in [9.17, 15) is 14.7 Å². The van der Waals surface area contributed by atoms with Crippen LogP contribution in [0.25, 0.3) is 0 Å². The molecule has 0 saturated carbocycles. The molecule has 0 aromatic rings.